The molecule has 0 radical (unpaired) electrons. The summed E-state index contributed by atoms with van der Waals surface area (Å²) in [7, 11) is 0. The van der Waals surface area contributed by atoms with Crippen LogP contribution in [0.1, 0.15) is 37.4 Å². The first-order valence-electron chi connectivity index (χ1n) is 6.63. The number of fused-ring (bicyclic) bond motifs is 1. The van der Waals surface area contributed by atoms with E-state index in [1.54, 1.807) is 12.3 Å². The Bertz CT molecular complexity index is 655. The van der Waals surface area contributed by atoms with Crippen LogP contribution in [0.25, 0.3) is 0 Å². The molecule has 1 aromatic carbocycles. The Morgan fingerprint density at radius 2 is 2.10 bits per heavy atom. The highest BCUT2D eigenvalue weighted by Crippen LogP contribution is 2.44. The molecule has 20 heavy (non-hydrogen) atoms. The van der Waals surface area contributed by atoms with Crippen LogP contribution in [0.5, 0.6) is 5.75 Å². The summed E-state index contributed by atoms with van der Waals surface area (Å²) in [5.74, 6) is 0.906. The van der Waals surface area contributed by atoms with Crippen molar-refractivity contribution in [3.63, 3.8) is 0 Å². The van der Waals surface area contributed by atoms with Gasteiger partial charge in [0.05, 0.1) is 5.92 Å². The van der Waals surface area contributed by atoms with Crippen LogP contribution in [-0.4, -0.2) is 5.60 Å². The number of rotatable bonds is 1. The van der Waals surface area contributed by atoms with E-state index in [0.717, 1.165) is 32.6 Å². The molecule has 4 heteroatoms. The van der Waals surface area contributed by atoms with Crippen molar-refractivity contribution in [2.75, 3.05) is 0 Å². The summed E-state index contributed by atoms with van der Waals surface area (Å²) in [4.78, 5) is 0. The highest BCUT2D eigenvalue weighted by atomic mass is 79.9. The molecule has 0 aliphatic carbocycles. The summed E-state index contributed by atoms with van der Waals surface area (Å²) < 4.78 is 7.99. The minimum absolute atomic E-state index is 0.0462. The zero-order valence-electron chi connectivity index (χ0n) is 11.5. The minimum Gasteiger partial charge on any atom is -0.618 e. The number of hydrogen-bond acceptors (Lipinski definition) is 2. The van der Waals surface area contributed by atoms with E-state index in [1.165, 1.54) is 0 Å². The molecule has 1 unspecified atom stereocenters. The van der Waals surface area contributed by atoms with E-state index >= 15 is 0 Å². The number of pyridine rings is 1. The lowest BCUT2D eigenvalue weighted by Gasteiger charge is -2.36. The first-order chi connectivity index (χ1) is 9.46. The molecule has 104 valence electrons. The molecule has 1 aromatic heterocycles. The molecule has 0 saturated carbocycles. The SMILES string of the molecule is CC1(C)CC(c2cccc[n+]2[O-])c2cc(Br)ccc2O1. The molecule has 1 aliphatic heterocycles. The number of hydrogen-bond donors (Lipinski definition) is 0. The van der Waals surface area contributed by atoms with E-state index in [2.05, 4.69) is 29.8 Å². The first kappa shape index (κ1) is 13.4. The quantitative estimate of drug-likeness (QED) is 0.588. The van der Waals surface area contributed by atoms with Gasteiger partial charge in [0.25, 0.3) is 0 Å². The summed E-state index contributed by atoms with van der Waals surface area (Å²) in [6, 6.07) is 11.5. The molecule has 2 aromatic rings. The monoisotopic (exact) mass is 333 g/mol. The predicted octanol–water partition coefficient (Wildman–Crippen LogP) is 3.78. The summed E-state index contributed by atoms with van der Waals surface area (Å²) in [6.45, 7) is 4.12. The smallest absolute Gasteiger partial charge is 0.200 e. The van der Waals surface area contributed by atoms with Gasteiger partial charge in [0.2, 0.25) is 5.69 Å². The molecular weight excluding hydrogens is 318 g/mol. The number of aromatic nitrogens is 1. The molecule has 0 N–H and O–H groups in total. The Labute approximate surface area is 126 Å². The highest BCUT2D eigenvalue weighted by Gasteiger charge is 2.37. The Morgan fingerprint density at radius 1 is 1.30 bits per heavy atom. The molecule has 2 heterocycles. The second kappa shape index (κ2) is 4.77. The van der Waals surface area contributed by atoms with Crippen molar-refractivity contribution < 1.29 is 9.47 Å². The van der Waals surface area contributed by atoms with Crippen LogP contribution in [-0.2, 0) is 0 Å². The second-order valence-corrected chi connectivity index (χ2v) is 6.67. The zero-order chi connectivity index (χ0) is 14.3. The summed E-state index contributed by atoms with van der Waals surface area (Å²) in [5, 5.41) is 12.1. The molecule has 0 fully saturated rings. The van der Waals surface area contributed by atoms with E-state index < -0.39 is 0 Å². The van der Waals surface area contributed by atoms with Gasteiger partial charge in [-0.3, -0.25) is 0 Å². The Hall–Kier alpha value is -1.55. The molecule has 3 nitrogen and oxygen atoms in total. The van der Waals surface area contributed by atoms with Crippen LogP contribution >= 0.6 is 15.9 Å². The maximum absolute atomic E-state index is 12.1. The Morgan fingerprint density at radius 3 is 2.85 bits per heavy atom. The first-order valence-corrected chi connectivity index (χ1v) is 7.42. The zero-order valence-corrected chi connectivity index (χ0v) is 13.1. The van der Waals surface area contributed by atoms with E-state index in [-0.39, 0.29) is 11.5 Å². The van der Waals surface area contributed by atoms with Gasteiger partial charge in [0, 0.05) is 28.6 Å². The van der Waals surface area contributed by atoms with Gasteiger partial charge in [-0.25, -0.2) is 0 Å². The van der Waals surface area contributed by atoms with Crippen LogP contribution in [0.4, 0.5) is 0 Å². The van der Waals surface area contributed by atoms with Crippen LogP contribution < -0.4 is 9.47 Å². The van der Waals surface area contributed by atoms with E-state index in [4.69, 9.17) is 4.74 Å². The molecule has 0 bridgehead atoms. The van der Waals surface area contributed by atoms with Crippen molar-refractivity contribution in [2.45, 2.75) is 31.8 Å². The average molecular weight is 334 g/mol. The largest absolute Gasteiger partial charge is 0.618 e. The van der Waals surface area contributed by atoms with Crippen molar-refractivity contribution in [1.82, 2.24) is 0 Å². The Balaban J connectivity index is 2.16. The van der Waals surface area contributed by atoms with Crippen LogP contribution in [0.2, 0.25) is 0 Å². The maximum atomic E-state index is 12.1. The van der Waals surface area contributed by atoms with Crippen molar-refractivity contribution in [3.8, 4) is 5.75 Å². The predicted molar refractivity (Wildman–Crippen MR) is 80.7 cm³/mol. The van der Waals surface area contributed by atoms with Crippen molar-refractivity contribution in [2.24, 2.45) is 0 Å². The third-order valence-corrected chi connectivity index (χ3v) is 4.13. The van der Waals surface area contributed by atoms with Gasteiger partial charge in [-0.1, -0.05) is 15.9 Å². The molecule has 0 spiro atoms. The van der Waals surface area contributed by atoms with Crippen LogP contribution in [0.3, 0.4) is 0 Å². The van der Waals surface area contributed by atoms with Crippen molar-refractivity contribution in [1.29, 1.82) is 0 Å². The van der Waals surface area contributed by atoms with E-state index in [0.29, 0.717) is 0 Å². The van der Waals surface area contributed by atoms with E-state index in [9.17, 15) is 5.21 Å². The molecule has 1 aliphatic rings. The standard InChI is InChI=1S/C16H16BrNO2/c1-16(2)10-13(14-5-3-4-8-18(14)19)12-9-11(17)6-7-15(12)20-16/h3-9,13H,10H2,1-2H3. The normalized spacial score (nSPS) is 20.1. The molecule has 1 atom stereocenters. The third kappa shape index (κ3) is 2.40. The van der Waals surface area contributed by atoms with Gasteiger partial charge in [0.15, 0.2) is 6.20 Å². The summed E-state index contributed by atoms with van der Waals surface area (Å²) in [5.41, 5.74) is 1.55. The number of ether oxygens (including phenoxy) is 1. The third-order valence-electron chi connectivity index (χ3n) is 3.64. The Kier molecular flexibility index (Phi) is 3.21. The second-order valence-electron chi connectivity index (χ2n) is 5.75. The molecule has 0 amide bonds. The molecule has 3 rings (SSSR count). The van der Waals surface area contributed by atoms with Gasteiger partial charge in [-0.15, -0.1) is 0 Å². The lowest BCUT2D eigenvalue weighted by molar-refractivity contribution is -0.615. The van der Waals surface area contributed by atoms with Crippen LogP contribution in [0, 0.1) is 5.21 Å². The van der Waals surface area contributed by atoms with Crippen molar-refractivity contribution >= 4 is 15.9 Å². The fraction of sp³-hybridized carbons (Fsp3) is 0.312. The highest BCUT2D eigenvalue weighted by molar-refractivity contribution is 9.10. The number of halogens is 1. The average Bonchev–Trinajstić information content (AvgIpc) is 2.38. The van der Waals surface area contributed by atoms with Gasteiger partial charge < -0.3 is 9.94 Å². The number of benzene rings is 1. The molecular formula is C16H16BrNO2. The topological polar surface area (TPSA) is 36.2 Å². The van der Waals surface area contributed by atoms with Crippen molar-refractivity contribution in [3.05, 3.63) is 63.5 Å². The minimum atomic E-state index is -0.283. The fourth-order valence-corrected chi connectivity index (χ4v) is 3.18. The van der Waals surface area contributed by atoms with Gasteiger partial charge in [0.1, 0.15) is 11.4 Å². The lowest BCUT2D eigenvalue weighted by atomic mass is 9.82. The number of nitrogens with zero attached hydrogens (tertiary/aromatic N) is 1. The maximum Gasteiger partial charge on any atom is 0.200 e. The van der Waals surface area contributed by atoms with Gasteiger partial charge in [-0.2, -0.15) is 4.73 Å². The van der Waals surface area contributed by atoms with Gasteiger partial charge >= 0.3 is 0 Å². The van der Waals surface area contributed by atoms with Gasteiger partial charge in [-0.05, 0) is 38.1 Å². The lowest BCUT2D eigenvalue weighted by Crippen LogP contribution is -2.40. The van der Waals surface area contributed by atoms with Crippen LogP contribution in [0.15, 0.2) is 47.1 Å². The summed E-state index contributed by atoms with van der Waals surface area (Å²) in [6.07, 6.45) is 2.33. The van der Waals surface area contributed by atoms with E-state index in [1.807, 2.05) is 30.3 Å². The fourth-order valence-electron chi connectivity index (χ4n) is 2.80. The summed E-state index contributed by atoms with van der Waals surface area (Å²) >= 11 is 3.50. The molecule has 0 saturated heterocycles.